The number of nitrogens with zero attached hydrogens (tertiary/aromatic N) is 2. The van der Waals surface area contributed by atoms with Gasteiger partial charge in [-0.1, -0.05) is 26.0 Å². The Morgan fingerprint density at radius 3 is 2.46 bits per heavy atom. The van der Waals surface area contributed by atoms with Gasteiger partial charge in [0.25, 0.3) is 0 Å². The maximum Gasteiger partial charge on any atom is 0.243 e. The van der Waals surface area contributed by atoms with Crippen LogP contribution in [-0.4, -0.2) is 50.3 Å². The molecule has 2 heterocycles. The summed E-state index contributed by atoms with van der Waals surface area (Å²) < 4.78 is 46.7. The van der Waals surface area contributed by atoms with Crippen LogP contribution >= 0.6 is 11.3 Å². The molecule has 0 aliphatic carbocycles. The van der Waals surface area contributed by atoms with Crippen LogP contribution in [0.15, 0.2) is 64.9 Å². The third kappa shape index (κ3) is 5.42. The van der Waals surface area contributed by atoms with Gasteiger partial charge < -0.3 is 9.64 Å². The van der Waals surface area contributed by atoms with Gasteiger partial charge in [0.05, 0.1) is 24.6 Å². The molecule has 1 aromatic heterocycles. The number of sulfonamides is 1. The number of fused-ring (bicyclic) bond motifs is 1. The van der Waals surface area contributed by atoms with E-state index < -0.39 is 15.8 Å². The molecule has 35 heavy (non-hydrogen) atoms. The lowest BCUT2D eigenvalue weighted by atomic mass is 9.93. The summed E-state index contributed by atoms with van der Waals surface area (Å²) in [5.41, 5.74) is 2.01. The van der Waals surface area contributed by atoms with Crippen molar-refractivity contribution in [1.29, 1.82) is 0 Å². The number of halogens is 1. The number of ether oxygens (including phenoxy) is 1. The lowest BCUT2D eigenvalue weighted by molar-refractivity contribution is -0.133. The fraction of sp³-hybridized carbons (Fsp3) is 0.346. The van der Waals surface area contributed by atoms with Gasteiger partial charge in [-0.05, 0) is 71.3 Å². The molecule has 3 aromatic rings. The molecular formula is C26H29FN2O4S2. The monoisotopic (exact) mass is 516 g/mol. The Morgan fingerprint density at radius 1 is 1.14 bits per heavy atom. The Balaban J connectivity index is 1.66. The van der Waals surface area contributed by atoms with Gasteiger partial charge in [0.15, 0.2) is 0 Å². The summed E-state index contributed by atoms with van der Waals surface area (Å²) in [7, 11) is -2.38. The molecule has 4 rings (SSSR count). The number of benzene rings is 2. The summed E-state index contributed by atoms with van der Waals surface area (Å²) in [6.07, 6.45) is 0.723. The van der Waals surface area contributed by atoms with Crippen LogP contribution in [0.2, 0.25) is 0 Å². The van der Waals surface area contributed by atoms with Crippen LogP contribution in [0, 0.1) is 11.7 Å². The second-order valence-electron chi connectivity index (χ2n) is 8.96. The summed E-state index contributed by atoms with van der Waals surface area (Å²) in [6, 6.07) is 14.0. The Labute approximate surface area is 210 Å². The van der Waals surface area contributed by atoms with Crippen LogP contribution in [-0.2, 0) is 21.2 Å². The van der Waals surface area contributed by atoms with Crippen LogP contribution in [0.25, 0.3) is 0 Å². The molecule has 0 bridgehead atoms. The third-order valence-corrected chi connectivity index (χ3v) is 8.87. The van der Waals surface area contributed by atoms with Crippen molar-refractivity contribution in [2.45, 2.75) is 31.2 Å². The molecule has 1 aliphatic rings. The smallest absolute Gasteiger partial charge is 0.243 e. The fourth-order valence-corrected chi connectivity index (χ4v) is 6.84. The minimum absolute atomic E-state index is 0.000223. The van der Waals surface area contributed by atoms with Gasteiger partial charge in [-0.25, -0.2) is 12.8 Å². The first-order chi connectivity index (χ1) is 16.7. The largest absolute Gasteiger partial charge is 0.497 e. The number of carbonyl (C=O) groups excluding carboxylic acids is 1. The van der Waals surface area contributed by atoms with Crippen LogP contribution in [0.1, 0.15) is 35.9 Å². The normalized spacial score (nSPS) is 15.9. The molecule has 6 nitrogen and oxygen atoms in total. The molecule has 186 valence electrons. The molecule has 1 aliphatic heterocycles. The van der Waals surface area contributed by atoms with E-state index in [4.69, 9.17) is 4.74 Å². The van der Waals surface area contributed by atoms with E-state index in [-0.39, 0.29) is 35.9 Å². The number of amides is 1. The summed E-state index contributed by atoms with van der Waals surface area (Å²) in [6.45, 7) is 4.18. The molecule has 1 unspecified atom stereocenters. The van der Waals surface area contributed by atoms with E-state index in [1.165, 1.54) is 21.3 Å². The Kier molecular flexibility index (Phi) is 7.59. The Bertz CT molecular complexity index is 1270. The predicted octanol–water partition coefficient (Wildman–Crippen LogP) is 4.72. The fourth-order valence-electron chi connectivity index (χ4n) is 4.38. The van der Waals surface area contributed by atoms with Crippen LogP contribution in [0.3, 0.4) is 0 Å². The van der Waals surface area contributed by atoms with E-state index in [1.807, 2.05) is 49.6 Å². The summed E-state index contributed by atoms with van der Waals surface area (Å²) in [5.74, 6) is -0.0617. The summed E-state index contributed by atoms with van der Waals surface area (Å²) in [4.78, 5) is 16.7. The molecule has 0 saturated heterocycles. The van der Waals surface area contributed by atoms with Crippen LogP contribution in [0.5, 0.6) is 5.75 Å². The third-order valence-electron chi connectivity index (χ3n) is 6.05. The van der Waals surface area contributed by atoms with Crippen molar-refractivity contribution >= 4 is 27.3 Å². The van der Waals surface area contributed by atoms with Gasteiger partial charge in [-0.2, -0.15) is 4.31 Å². The van der Waals surface area contributed by atoms with Crippen molar-refractivity contribution in [1.82, 2.24) is 9.21 Å². The molecule has 2 aromatic carbocycles. The van der Waals surface area contributed by atoms with E-state index in [2.05, 4.69) is 0 Å². The van der Waals surface area contributed by atoms with Gasteiger partial charge in [0.2, 0.25) is 15.9 Å². The highest BCUT2D eigenvalue weighted by molar-refractivity contribution is 7.89. The molecule has 0 radical (unpaired) electrons. The lowest BCUT2D eigenvalue weighted by Crippen LogP contribution is -2.47. The number of methoxy groups -OCH3 is 1. The highest BCUT2D eigenvalue weighted by Gasteiger charge is 2.35. The standard InChI is InChI=1S/C26H29FN2O4S2/c1-18(2)16-28(35(31,32)22-10-6-20(27)7-11-22)17-25(30)29-14-12-24-23(13-15-34-24)26(29)19-4-8-21(33-3)9-5-19/h4-11,13,15,18,26H,12,14,16-17H2,1-3H3. The topological polar surface area (TPSA) is 66.9 Å². The van der Waals surface area contributed by atoms with E-state index in [0.29, 0.717) is 6.54 Å². The first kappa shape index (κ1) is 25.3. The van der Waals surface area contributed by atoms with E-state index in [9.17, 15) is 17.6 Å². The van der Waals surface area contributed by atoms with Crippen molar-refractivity contribution < 1.29 is 22.3 Å². The average Bonchev–Trinajstić information content (AvgIpc) is 3.32. The van der Waals surface area contributed by atoms with Gasteiger partial charge >= 0.3 is 0 Å². The minimum atomic E-state index is -3.98. The number of rotatable bonds is 8. The maximum absolute atomic E-state index is 13.7. The lowest BCUT2D eigenvalue weighted by Gasteiger charge is -2.37. The van der Waals surface area contributed by atoms with Crippen molar-refractivity contribution in [3.05, 3.63) is 81.8 Å². The molecule has 0 saturated carbocycles. The second kappa shape index (κ2) is 10.5. The zero-order chi connectivity index (χ0) is 25.2. The van der Waals surface area contributed by atoms with E-state index in [1.54, 1.807) is 23.3 Å². The number of carbonyl (C=O) groups is 1. The minimum Gasteiger partial charge on any atom is -0.497 e. The van der Waals surface area contributed by atoms with Crippen LogP contribution in [0.4, 0.5) is 4.39 Å². The molecule has 0 spiro atoms. The number of hydrogen-bond donors (Lipinski definition) is 0. The summed E-state index contributed by atoms with van der Waals surface area (Å²) >= 11 is 1.67. The van der Waals surface area contributed by atoms with Gasteiger partial charge in [0, 0.05) is 18.0 Å². The van der Waals surface area contributed by atoms with Gasteiger partial charge in [0.1, 0.15) is 11.6 Å². The number of thiophene rings is 1. The van der Waals surface area contributed by atoms with Crippen molar-refractivity contribution in [2.75, 3.05) is 26.7 Å². The number of hydrogen-bond acceptors (Lipinski definition) is 5. The molecule has 0 N–H and O–H groups in total. The highest BCUT2D eigenvalue weighted by atomic mass is 32.2. The highest BCUT2D eigenvalue weighted by Crippen LogP contribution is 2.38. The quantitative estimate of drug-likeness (QED) is 0.435. The molecule has 1 amide bonds. The Hall–Kier alpha value is -2.75. The predicted molar refractivity (Wildman–Crippen MR) is 135 cm³/mol. The zero-order valence-corrected chi connectivity index (χ0v) is 21.6. The van der Waals surface area contributed by atoms with Crippen molar-refractivity contribution in [3.63, 3.8) is 0 Å². The molecular weight excluding hydrogens is 487 g/mol. The molecule has 9 heteroatoms. The average molecular weight is 517 g/mol. The SMILES string of the molecule is COc1ccc(C2c3ccsc3CCN2C(=O)CN(CC(C)C)S(=O)(=O)c2ccc(F)cc2)cc1. The van der Waals surface area contributed by atoms with Crippen molar-refractivity contribution in [2.24, 2.45) is 5.92 Å². The van der Waals surface area contributed by atoms with Crippen LogP contribution < -0.4 is 4.74 Å². The molecule has 0 fully saturated rings. The van der Waals surface area contributed by atoms with Gasteiger partial charge in [-0.3, -0.25) is 4.79 Å². The zero-order valence-electron chi connectivity index (χ0n) is 20.0. The van der Waals surface area contributed by atoms with E-state index in [0.717, 1.165) is 35.4 Å². The second-order valence-corrected chi connectivity index (χ2v) is 11.9. The maximum atomic E-state index is 13.7. The first-order valence-electron chi connectivity index (χ1n) is 11.5. The van der Waals surface area contributed by atoms with E-state index >= 15 is 0 Å². The van der Waals surface area contributed by atoms with Crippen molar-refractivity contribution in [3.8, 4) is 5.75 Å². The van der Waals surface area contributed by atoms with Gasteiger partial charge in [-0.15, -0.1) is 11.3 Å². The summed E-state index contributed by atoms with van der Waals surface area (Å²) in [5, 5.41) is 2.03. The first-order valence-corrected chi connectivity index (χ1v) is 13.8. The molecule has 1 atom stereocenters. The Morgan fingerprint density at radius 2 is 1.83 bits per heavy atom.